The van der Waals surface area contributed by atoms with Gasteiger partial charge < -0.3 is 0 Å². The lowest BCUT2D eigenvalue weighted by Crippen LogP contribution is -1.95. The van der Waals surface area contributed by atoms with Crippen LogP contribution < -0.4 is 0 Å². The summed E-state index contributed by atoms with van der Waals surface area (Å²) >= 11 is 2.69. The van der Waals surface area contributed by atoms with E-state index in [1.807, 2.05) is 12.1 Å². The summed E-state index contributed by atoms with van der Waals surface area (Å²) in [4.78, 5) is 24.5. The molecule has 2 heterocycles. The van der Waals surface area contributed by atoms with E-state index in [2.05, 4.69) is 15.2 Å². The van der Waals surface area contributed by atoms with E-state index in [9.17, 15) is 20.2 Å². The van der Waals surface area contributed by atoms with Crippen LogP contribution in [0, 0.1) is 20.2 Å². The average Bonchev–Trinajstić information content (AvgIpc) is 3.09. The summed E-state index contributed by atoms with van der Waals surface area (Å²) in [7, 11) is 0. The Kier molecular flexibility index (Phi) is 4.95. The molecular formula is C14H9N5O4S2. The van der Waals surface area contributed by atoms with Gasteiger partial charge in [-0.25, -0.2) is 0 Å². The Morgan fingerprint density at radius 2 is 1.64 bits per heavy atom. The number of rotatable bonds is 6. The minimum Gasteiger partial charge on any atom is -0.265 e. The SMILES string of the molecule is O=[N+]([O-])c1cc(CSc2nnc(-c3ccncc3)s2)cc([N+](=O)[O-])c1. The molecule has 1 aromatic carbocycles. The third-order valence-corrected chi connectivity index (χ3v) is 5.26. The van der Waals surface area contributed by atoms with Crippen LogP contribution in [0.1, 0.15) is 5.56 Å². The molecule has 0 aliphatic carbocycles. The van der Waals surface area contributed by atoms with E-state index >= 15 is 0 Å². The van der Waals surface area contributed by atoms with Gasteiger partial charge in [0.05, 0.1) is 15.9 Å². The molecular weight excluding hydrogens is 366 g/mol. The van der Waals surface area contributed by atoms with Gasteiger partial charge in [0, 0.05) is 35.8 Å². The first-order chi connectivity index (χ1) is 12.0. The third kappa shape index (κ3) is 4.14. The summed E-state index contributed by atoms with van der Waals surface area (Å²) in [6.07, 6.45) is 3.32. The quantitative estimate of drug-likeness (QED) is 0.363. The molecule has 11 heteroatoms. The molecule has 0 N–H and O–H groups in total. The zero-order valence-electron chi connectivity index (χ0n) is 12.4. The average molecular weight is 375 g/mol. The first-order valence-corrected chi connectivity index (χ1v) is 8.62. The summed E-state index contributed by atoms with van der Waals surface area (Å²) in [6.45, 7) is 0. The number of benzene rings is 1. The van der Waals surface area contributed by atoms with E-state index in [0.29, 0.717) is 15.7 Å². The zero-order valence-corrected chi connectivity index (χ0v) is 14.1. The van der Waals surface area contributed by atoms with Crippen LogP contribution in [0.4, 0.5) is 11.4 Å². The number of nitro groups is 2. The molecule has 0 aliphatic rings. The first-order valence-electron chi connectivity index (χ1n) is 6.82. The Bertz CT molecular complexity index is 900. The van der Waals surface area contributed by atoms with Gasteiger partial charge in [-0.3, -0.25) is 25.2 Å². The maximum Gasteiger partial charge on any atom is 0.276 e. The van der Waals surface area contributed by atoms with Crippen molar-refractivity contribution in [3.05, 3.63) is 68.5 Å². The van der Waals surface area contributed by atoms with Crippen molar-refractivity contribution in [1.29, 1.82) is 0 Å². The molecule has 0 radical (unpaired) electrons. The Hall–Kier alpha value is -2.92. The molecule has 25 heavy (non-hydrogen) atoms. The summed E-state index contributed by atoms with van der Waals surface area (Å²) in [5.41, 5.74) is 0.760. The molecule has 0 aliphatic heterocycles. The van der Waals surface area contributed by atoms with Gasteiger partial charge in [-0.2, -0.15) is 0 Å². The topological polar surface area (TPSA) is 125 Å². The van der Waals surface area contributed by atoms with Crippen molar-refractivity contribution in [2.45, 2.75) is 10.1 Å². The summed E-state index contributed by atoms with van der Waals surface area (Å²) in [5, 5.41) is 30.7. The highest BCUT2D eigenvalue weighted by molar-refractivity contribution is 8.00. The van der Waals surface area contributed by atoms with E-state index in [1.54, 1.807) is 12.4 Å². The van der Waals surface area contributed by atoms with Crippen molar-refractivity contribution in [2.24, 2.45) is 0 Å². The maximum atomic E-state index is 10.9. The second-order valence-electron chi connectivity index (χ2n) is 4.77. The molecule has 0 spiro atoms. The van der Waals surface area contributed by atoms with Gasteiger partial charge in [0.15, 0.2) is 4.34 Å². The van der Waals surface area contributed by atoms with Gasteiger partial charge in [0.25, 0.3) is 11.4 Å². The molecule has 0 saturated heterocycles. The predicted molar refractivity (Wildman–Crippen MR) is 92.5 cm³/mol. The smallest absolute Gasteiger partial charge is 0.265 e. The fourth-order valence-corrected chi connectivity index (χ4v) is 3.76. The van der Waals surface area contributed by atoms with Crippen LogP contribution in [0.3, 0.4) is 0 Å². The number of nitrogens with zero attached hydrogens (tertiary/aromatic N) is 5. The van der Waals surface area contributed by atoms with Gasteiger partial charge in [-0.1, -0.05) is 23.1 Å². The number of hydrogen-bond donors (Lipinski definition) is 0. The van der Waals surface area contributed by atoms with Crippen LogP contribution in [0.15, 0.2) is 47.1 Å². The fourth-order valence-electron chi connectivity index (χ4n) is 1.97. The highest BCUT2D eigenvalue weighted by Gasteiger charge is 2.17. The molecule has 0 atom stereocenters. The lowest BCUT2D eigenvalue weighted by atomic mass is 10.2. The van der Waals surface area contributed by atoms with Gasteiger partial charge in [0.1, 0.15) is 5.01 Å². The number of non-ortho nitro benzene ring substituents is 2. The molecule has 0 fully saturated rings. The Morgan fingerprint density at radius 3 is 2.24 bits per heavy atom. The number of nitro benzene ring substituents is 2. The van der Waals surface area contributed by atoms with E-state index < -0.39 is 9.85 Å². The fraction of sp³-hybridized carbons (Fsp3) is 0.0714. The van der Waals surface area contributed by atoms with Gasteiger partial charge in [-0.15, -0.1) is 10.2 Å². The third-order valence-electron chi connectivity index (χ3n) is 3.08. The highest BCUT2D eigenvalue weighted by Crippen LogP contribution is 2.32. The predicted octanol–water partition coefficient (Wildman–Crippen LogP) is 3.71. The largest absolute Gasteiger partial charge is 0.276 e. The standard InChI is InChI=1S/C14H9N5O4S2/c20-18(21)11-5-9(6-12(7-11)19(22)23)8-24-14-17-16-13(25-14)10-1-3-15-4-2-10/h1-7H,8H2. The second-order valence-corrected chi connectivity index (χ2v) is 6.97. The Morgan fingerprint density at radius 1 is 1.00 bits per heavy atom. The van der Waals surface area contributed by atoms with Crippen LogP contribution in [0.5, 0.6) is 0 Å². The molecule has 3 aromatic rings. The number of thioether (sulfide) groups is 1. The molecule has 0 bridgehead atoms. The van der Waals surface area contributed by atoms with Crippen molar-refractivity contribution < 1.29 is 9.85 Å². The molecule has 0 saturated carbocycles. The first kappa shape index (κ1) is 16.9. The number of aromatic nitrogens is 3. The lowest BCUT2D eigenvalue weighted by molar-refractivity contribution is -0.394. The minimum absolute atomic E-state index is 0.306. The number of hydrogen-bond acceptors (Lipinski definition) is 9. The molecule has 126 valence electrons. The second kappa shape index (κ2) is 7.32. The van der Waals surface area contributed by atoms with Crippen LogP contribution >= 0.6 is 23.1 Å². The molecule has 2 aromatic heterocycles. The Balaban J connectivity index is 1.77. The van der Waals surface area contributed by atoms with Crippen LogP contribution in [0.25, 0.3) is 10.6 Å². The van der Waals surface area contributed by atoms with Crippen molar-refractivity contribution in [3.63, 3.8) is 0 Å². The highest BCUT2D eigenvalue weighted by atomic mass is 32.2. The summed E-state index contributed by atoms with van der Waals surface area (Å²) in [6, 6.07) is 7.23. The Labute approximate surface area is 149 Å². The molecule has 3 rings (SSSR count). The monoisotopic (exact) mass is 375 g/mol. The van der Waals surface area contributed by atoms with E-state index in [1.165, 1.54) is 35.2 Å². The van der Waals surface area contributed by atoms with E-state index in [0.717, 1.165) is 16.6 Å². The van der Waals surface area contributed by atoms with Gasteiger partial charge in [0.2, 0.25) is 0 Å². The summed E-state index contributed by atoms with van der Waals surface area (Å²) in [5.74, 6) is 0.313. The molecule has 9 nitrogen and oxygen atoms in total. The van der Waals surface area contributed by atoms with Crippen molar-refractivity contribution in [2.75, 3.05) is 0 Å². The molecule has 0 unspecified atom stereocenters. The van der Waals surface area contributed by atoms with Gasteiger partial charge in [-0.05, 0) is 17.7 Å². The number of pyridine rings is 1. The normalized spacial score (nSPS) is 10.6. The minimum atomic E-state index is -0.645. The lowest BCUT2D eigenvalue weighted by Gasteiger charge is -2.00. The van der Waals surface area contributed by atoms with E-state index in [4.69, 9.17) is 0 Å². The zero-order chi connectivity index (χ0) is 17.8. The van der Waals surface area contributed by atoms with Crippen LogP contribution in [0.2, 0.25) is 0 Å². The van der Waals surface area contributed by atoms with Crippen LogP contribution in [-0.2, 0) is 5.75 Å². The van der Waals surface area contributed by atoms with Gasteiger partial charge >= 0.3 is 0 Å². The van der Waals surface area contributed by atoms with Crippen molar-refractivity contribution >= 4 is 34.5 Å². The van der Waals surface area contributed by atoms with Crippen molar-refractivity contribution in [1.82, 2.24) is 15.2 Å². The van der Waals surface area contributed by atoms with E-state index in [-0.39, 0.29) is 11.4 Å². The van der Waals surface area contributed by atoms with Crippen molar-refractivity contribution in [3.8, 4) is 10.6 Å². The van der Waals surface area contributed by atoms with Crippen LogP contribution in [-0.4, -0.2) is 25.0 Å². The summed E-state index contributed by atoms with van der Waals surface area (Å²) < 4.78 is 0.668. The molecule has 0 amide bonds. The maximum absolute atomic E-state index is 10.9.